The maximum Gasteiger partial charge on any atom is 0.235 e. The fraction of sp³-hybridized carbons (Fsp3) is 0.750. The molecule has 1 aliphatic heterocycles. The molecule has 2 heterocycles. The van der Waals surface area contributed by atoms with Crippen LogP contribution >= 0.6 is 0 Å². The molecule has 17 heavy (non-hydrogen) atoms. The first-order valence-electron chi connectivity index (χ1n) is 6.21. The van der Waals surface area contributed by atoms with E-state index in [1.165, 1.54) is 0 Å². The van der Waals surface area contributed by atoms with E-state index in [2.05, 4.69) is 28.9 Å². The highest BCUT2D eigenvalue weighted by Crippen LogP contribution is 2.22. The quantitative estimate of drug-likeness (QED) is 0.743. The normalized spacial score (nSPS) is 18.8. The highest BCUT2D eigenvalue weighted by molar-refractivity contribution is 5.68. The van der Waals surface area contributed by atoms with Gasteiger partial charge in [-0.15, -0.1) is 0 Å². The first kappa shape index (κ1) is 12.2. The van der Waals surface area contributed by atoms with E-state index in [1.54, 1.807) is 0 Å². The standard InChI is InChI=1S/C12H19N3O2/c1-9(2)15-5-3-10(4-6-15)7-12-13-11(8-16)14-17-12/h8-10H,3-7H2,1-2H3. The number of rotatable bonds is 4. The molecule has 0 aliphatic carbocycles. The average Bonchev–Trinajstić information content (AvgIpc) is 2.77. The first-order valence-corrected chi connectivity index (χ1v) is 6.21. The van der Waals surface area contributed by atoms with Gasteiger partial charge in [0, 0.05) is 12.5 Å². The summed E-state index contributed by atoms with van der Waals surface area (Å²) in [6.07, 6.45) is 3.75. The number of carbonyl (C=O) groups is 1. The molecule has 1 aromatic rings. The maximum absolute atomic E-state index is 10.4. The molecule has 1 aromatic heterocycles. The van der Waals surface area contributed by atoms with Crippen LogP contribution in [0.2, 0.25) is 0 Å². The Morgan fingerprint density at radius 1 is 1.47 bits per heavy atom. The lowest BCUT2D eigenvalue weighted by molar-refractivity contribution is 0.111. The molecule has 2 rings (SSSR count). The van der Waals surface area contributed by atoms with Crippen molar-refractivity contribution in [3.05, 3.63) is 11.7 Å². The molecular formula is C12H19N3O2. The fourth-order valence-electron chi connectivity index (χ4n) is 2.32. The number of aldehydes is 1. The fourth-order valence-corrected chi connectivity index (χ4v) is 2.32. The van der Waals surface area contributed by atoms with Crippen molar-refractivity contribution in [2.75, 3.05) is 13.1 Å². The van der Waals surface area contributed by atoms with E-state index >= 15 is 0 Å². The van der Waals surface area contributed by atoms with E-state index in [0.717, 1.165) is 32.4 Å². The second-order valence-electron chi connectivity index (χ2n) is 4.94. The van der Waals surface area contributed by atoms with Crippen LogP contribution in [-0.4, -0.2) is 40.5 Å². The van der Waals surface area contributed by atoms with Gasteiger partial charge in [-0.05, 0) is 45.7 Å². The minimum atomic E-state index is 0.152. The maximum atomic E-state index is 10.4. The highest BCUT2D eigenvalue weighted by atomic mass is 16.5. The number of hydrogen-bond acceptors (Lipinski definition) is 5. The van der Waals surface area contributed by atoms with Crippen molar-refractivity contribution < 1.29 is 9.32 Å². The van der Waals surface area contributed by atoms with Crippen molar-refractivity contribution >= 4 is 6.29 Å². The second kappa shape index (κ2) is 5.40. The average molecular weight is 237 g/mol. The van der Waals surface area contributed by atoms with Crippen LogP contribution in [0.1, 0.15) is 43.2 Å². The Hall–Kier alpha value is -1.23. The summed E-state index contributed by atoms with van der Waals surface area (Å²) in [5.41, 5.74) is 0. The Balaban J connectivity index is 1.83. The molecule has 0 saturated carbocycles. The van der Waals surface area contributed by atoms with Gasteiger partial charge in [0.15, 0.2) is 6.29 Å². The summed E-state index contributed by atoms with van der Waals surface area (Å²) in [6.45, 7) is 6.73. The van der Waals surface area contributed by atoms with Crippen molar-refractivity contribution in [1.29, 1.82) is 0 Å². The zero-order chi connectivity index (χ0) is 12.3. The van der Waals surface area contributed by atoms with E-state index in [-0.39, 0.29) is 5.82 Å². The Labute approximate surface area is 101 Å². The van der Waals surface area contributed by atoms with Crippen molar-refractivity contribution in [1.82, 2.24) is 15.0 Å². The van der Waals surface area contributed by atoms with E-state index < -0.39 is 0 Å². The van der Waals surface area contributed by atoms with Gasteiger partial charge in [-0.3, -0.25) is 4.79 Å². The number of nitrogens with zero attached hydrogens (tertiary/aromatic N) is 3. The second-order valence-corrected chi connectivity index (χ2v) is 4.94. The molecule has 0 N–H and O–H groups in total. The number of aromatic nitrogens is 2. The molecule has 0 aromatic carbocycles. The number of carbonyl (C=O) groups excluding carboxylic acids is 1. The van der Waals surface area contributed by atoms with Gasteiger partial charge in [-0.1, -0.05) is 5.16 Å². The third-order valence-electron chi connectivity index (χ3n) is 3.43. The molecule has 94 valence electrons. The van der Waals surface area contributed by atoms with Crippen LogP contribution in [0.4, 0.5) is 0 Å². The smallest absolute Gasteiger partial charge is 0.235 e. The zero-order valence-corrected chi connectivity index (χ0v) is 10.4. The molecule has 5 heteroatoms. The monoisotopic (exact) mass is 237 g/mol. The zero-order valence-electron chi connectivity index (χ0n) is 10.4. The van der Waals surface area contributed by atoms with Gasteiger partial charge in [0.2, 0.25) is 11.7 Å². The van der Waals surface area contributed by atoms with E-state index in [9.17, 15) is 4.79 Å². The summed E-state index contributed by atoms with van der Waals surface area (Å²) >= 11 is 0. The molecule has 0 atom stereocenters. The van der Waals surface area contributed by atoms with Gasteiger partial charge in [0.1, 0.15) is 0 Å². The highest BCUT2D eigenvalue weighted by Gasteiger charge is 2.22. The lowest BCUT2D eigenvalue weighted by Gasteiger charge is -2.34. The topological polar surface area (TPSA) is 59.2 Å². The largest absolute Gasteiger partial charge is 0.339 e. The molecule has 5 nitrogen and oxygen atoms in total. The molecule has 1 saturated heterocycles. The van der Waals surface area contributed by atoms with Gasteiger partial charge >= 0.3 is 0 Å². The van der Waals surface area contributed by atoms with Crippen molar-refractivity contribution in [3.8, 4) is 0 Å². The predicted octanol–water partition coefficient (Wildman–Crippen LogP) is 1.54. The van der Waals surface area contributed by atoms with Crippen LogP contribution in [0.3, 0.4) is 0 Å². The molecule has 0 amide bonds. The number of likely N-dealkylation sites (tertiary alicyclic amines) is 1. The molecule has 0 radical (unpaired) electrons. The molecule has 0 bridgehead atoms. The van der Waals surface area contributed by atoms with Gasteiger partial charge in [0.05, 0.1) is 0 Å². The van der Waals surface area contributed by atoms with Gasteiger partial charge in [0.25, 0.3) is 0 Å². The van der Waals surface area contributed by atoms with Crippen molar-refractivity contribution in [2.45, 2.75) is 39.2 Å². The molecule has 0 unspecified atom stereocenters. The Bertz CT molecular complexity index is 368. The molecule has 0 spiro atoms. The number of piperidine rings is 1. The minimum absolute atomic E-state index is 0.152. The summed E-state index contributed by atoms with van der Waals surface area (Å²) in [6, 6.07) is 0.626. The SMILES string of the molecule is CC(C)N1CCC(Cc2nc(C=O)no2)CC1. The minimum Gasteiger partial charge on any atom is -0.339 e. The van der Waals surface area contributed by atoms with Gasteiger partial charge < -0.3 is 9.42 Å². The summed E-state index contributed by atoms with van der Waals surface area (Å²) in [4.78, 5) is 16.9. The Morgan fingerprint density at radius 3 is 2.71 bits per heavy atom. The Kier molecular flexibility index (Phi) is 3.89. The summed E-state index contributed by atoms with van der Waals surface area (Å²) in [5.74, 6) is 1.35. The third-order valence-corrected chi connectivity index (χ3v) is 3.43. The van der Waals surface area contributed by atoms with Gasteiger partial charge in [-0.25, -0.2) is 0 Å². The van der Waals surface area contributed by atoms with Crippen LogP contribution in [0.5, 0.6) is 0 Å². The van der Waals surface area contributed by atoms with Crippen LogP contribution in [-0.2, 0) is 6.42 Å². The van der Waals surface area contributed by atoms with E-state index in [1.807, 2.05) is 0 Å². The van der Waals surface area contributed by atoms with Crippen molar-refractivity contribution in [3.63, 3.8) is 0 Å². The lowest BCUT2D eigenvalue weighted by atomic mass is 9.93. The van der Waals surface area contributed by atoms with Crippen molar-refractivity contribution in [2.24, 2.45) is 5.92 Å². The first-order chi connectivity index (χ1) is 8.19. The lowest BCUT2D eigenvalue weighted by Crippen LogP contribution is -2.38. The Morgan fingerprint density at radius 2 is 2.18 bits per heavy atom. The predicted molar refractivity (Wildman–Crippen MR) is 62.8 cm³/mol. The summed E-state index contributed by atoms with van der Waals surface area (Å²) in [7, 11) is 0. The van der Waals surface area contributed by atoms with E-state index in [4.69, 9.17) is 4.52 Å². The number of hydrogen-bond donors (Lipinski definition) is 0. The summed E-state index contributed by atoms with van der Waals surface area (Å²) < 4.78 is 5.03. The molecule has 1 aliphatic rings. The molecular weight excluding hydrogens is 218 g/mol. The van der Waals surface area contributed by atoms with Crippen LogP contribution in [0.15, 0.2) is 4.52 Å². The molecule has 1 fully saturated rings. The van der Waals surface area contributed by atoms with Crippen LogP contribution < -0.4 is 0 Å². The van der Waals surface area contributed by atoms with Crippen LogP contribution in [0.25, 0.3) is 0 Å². The van der Waals surface area contributed by atoms with E-state index in [0.29, 0.717) is 24.1 Å². The third kappa shape index (κ3) is 3.12. The van der Waals surface area contributed by atoms with Gasteiger partial charge in [-0.2, -0.15) is 4.98 Å². The van der Waals surface area contributed by atoms with Crippen LogP contribution in [0, 0.1) is 5.92 Å². The summed E-state index contributed by atoms with van der Waals surface area (Å²) in [5, 5.41) is 3.58.